The summed E-state index contributed by atoms with van der Waals surface area (Å²) in [6.07, 6.45) is 1.42. The van der Waals surface area contributed by atoms with Crippen LogP contribution in [-0.2, 0) is 13.0 Å². The Labute approximate surface area is 117 Å². The molecule has 1 N–H and O–H groups in total. The van der Waals surface area contributed by atoms with Crippen LogP contribution in [-0.4, -0.2) is 25.1 Å². The van der Waals surface area contributed by atoms with Gasteiger partial charge in [-0.3, -0.25) is 4.68 Å². The van der Waals surface area contributed by atoms with Crippen LogP contribution < -0.4 is 0 Å². The first kappa shape index (κ1) is 14.0. The maximum atomic E-state index is 10.6. The summed E-state index contributed by atoms with van der Waals surface area (Å²) in [5.74, 6) is 0. The van der Waals surface area contributed by atoms with E-state index < -0.39 is 6.10 Å². The highest BCUT2D eigenvalue weighted by molar-refractivity contribution is 6.31. The number of aliphatic hydroxyl groups is 1. The Balaban J connectivity index is 2.51. The molecule has 2 aromatic rings. The van der Waals surface area contributed by atoms with Gasteiger partial charge in [-0.2, -0.15) is 15.3 Å². The van der Waals surface area contributed by atoms with Crippen LogP contribution in [0.1, 0.15) is 42.6 Å². The largest absolute Gasteiger partial charge is 0.382 e. The molecule has 1 atom stereocenters. The van der Waals surface area contributed by atoms with Crippen LogP contribution in [0.2, 0.25) is 5.02 Å². The number of rotatable bonds is 4. The summed E-state index contributed by atoms with van der Waals surface area (Å²) in [6, 6.07) is 1.85. The van der Waals surface area contributed by atoms with Gasteiger partial charge < -0.3 is 5.11 Å². The van der Waals surface area contributed by atoms with Crippen molar-refractivity contribution >= 4 is 11.6 Å². The summed E-state index contributed by atoms with van der Waals surface area (Å²) >= 11 is 6.12. The first-order valence-corrected chi connectivity index (χ1v) is 6.68. The molecule has 0 aliphatic carbocycles. The Morgan fingerprint density at radius 2 is 2.11 bits per heavy atom. The summed E-state index contributed by atoms with van der Waals surface area (Å²) in [5.41, 5.74) is 2.89. The molecule has 2 rings (SSSR count). The molecule has 0 radical (unpaired) electrons. The van der Waals surface area contributed by atoms with Crippen molar-refractivity contribution in [2.24, 2.45) is 0 Å². The second kappa shape index (κ2) is 5.67. The van der Waals surface area contributed by atoms with Gasteiger partial charge in [0, 0.05) is 12.1 Å². The summed E-state index contributed by atoms with van der Waals surface area (Å²) in [5, 5.41) is 23.4. The van der Waals surface area contributed by atoms with Crippen LogP contribution in [0.4, 0.5) is 0 Å². The highest BCUT2D eigenvalue weighted by atomic mass is 35.5. The Bertz CT molecular complexity index is 582. The molecule has 0 aliphatic rings. The zero-order chi connectivity index (χ0) is 14.0. The second-order valence-corrected chi connectivity index (χ2v) is 4.74. The van der Waals surface area contributed by atoms with Crippen LogP contribution in [0.5, 0.6) is 0 Å². The smallest absolute Gasteiger partial charge is 0.124 e. The molecule has 2 aromatic heterocycles. The fraction of sp³-hybridized carbons (Fsp3) is 0.462. The van der Waals surface area contributed by atoms with Crippen molar-refractivity contribution in [1.82, 2.24) is 20.0 Å². The average molecular weight is 281 g/mol. The quantitative estimate of drug-likeness (QED) is 0.933. The fourth-order valence-electron chi connectivity index (χ4n) is 2.09. The number of aryl methyl sites for hydroxylation is 3. The minimum atomic E-state index is -0.834. The van der Waals surface area contributed by atoms with Gasteiger partial charge in [-0.1, -0.05) is 18.5 Å². The highest BCUT2D eigenvalue weighted by Gasteiger charge is 2.22. The van der Waals surface area contributed by atoms with Gasteiger partial charge in [0.25, 0.3) is 0 Å². The lowest BCUT2D eigenvalue weighted by molar-refractivity contribution is 0.206. The topological polar surface area (TPSA) is 63.8 Å². The van der Waals surface area contributed by atoms with Crippen LogP contribution in [0.3, 0.4) is 0 Å². The summed E-state index contributed by atoms with van der Waals surface area (Å²) in [7, 11) is 0. The van der Waals surface area contributed by atoms with Gasteiger partial charge >= 0.3 is 0 Å². The number of hydrogen-bond acceptors (Lipinski definition) is 4. The molecule has 5 nitrogen and oxygen atoms in total. The van der Waals surface area contributed by atoms with Gasteiger partial charge in [-0.25, -0.2) is 0 Å². The molecular weight excluding hydrogens is 264 g/mol. The third-order valence-corrected chi connectivity index (χ3v) is 3.34. The second-order valence-electron chi connectivity index (χ2n) is 4.34. The lowest BCUT2D eigenvalue weighted by Gasteiger charge is -2.16. The Morgan fingerprint density at radius 1 is 1.37 bits per heavy atom. The van der Waals surface area contributed by atoms with Crippen LogP contribution in [0, 0.1) is 6.92 Å². The van der Waals surface area contributed by atoms with E-state index in [1.807, 2.05) is 26.8 Å². The molecule has 102 valence electrons. The highest BCUT2D eigenvalue weighted by Crippen LogP contribution is 2.29. The number of nitrogens with zero attached hydrogens (tertiary/aromatic N) is 4. The SMILES string of the molecule is CCc1nnc(C)cc1C(O)c1c(Cl)cnn1CC. The van der Waals surface area contributed by atoms with Crippen molar-refractivity contribution in [3.05, 3.63) is 39.9 Å². The van der Waals surface area contributed by atoms with Crippen molar-refractivity contribution in [2.75, 3.05) is 0 Å². The zero-order valence-electron chi connectivity index (χ0n) is 11.3. The fourth-order valence-corrected chi connectivity index (χ4v) is 2.33. The first-order chi connectivity index (χ1) is 9.08. The molecule has 2 heterocycles. The monoisotopic (exact) mass is 280 g/mol. The molecule has 0 aromatic carbocycles. The first-order valence-electron chi connectivity index (χ1n) is 6.30. The van der Waals surface area contributed by atoms with Crippen molar-refractivity contribution in [3.8, 4) is 0 Å². The van der Waals surface area contributed by atoms with E-state index in [4.69, 9.17) is 11.6 Å². The van der Waals surface area contributed by atoms with Crippen molar-refractivity contribution in [1.29, 1.82) is 0 Å². The molecule has 0 amide bonds. The predicted octanol–water partition coefficient (Wildman–Crippen LogP) is 2.30. The van der Waals surface area contributed by atoms with E-state index in [9.17, 15) is 5.11 Å². The third-order valence-electron chi connectivity index (χ3n) is 3.05. The lowest BCUT2D eigenvalue weighted by Crippen LogP contribution is -2.13. The van der Waals surface area contributed by atoms with E-state index >= 15 is 0 Å². The Hall–Kier alpha value is -1.46. The van der Waals surface area contributed by atoms with Crippen LogP contribution in [0.15, 0.2) is 12.3 Å². The minimum Gasteiger partial charge on any atom is -0.382 e. The molecule has 0 saturated heterocycles. The van der Waals surface area contributed by atoms with Gasteiger partial charge in [0.15, 0.2) is 0 Å². The number of hydrogen-bond donors (Lipinski definition) is 1. The molecule has 0 aliphatic heterocycles. The van der Waals surface area contributed by atoms with E-state index in [0.717, 1.165) is 17.0 Å². The normalized spacial score (nSPS) is 12.7. The van der Waals surface area contributed by atoms with Gasteiger partial charge in [0.1, 0.15) is 6.10 Å². The van der Waals surface area contributed by atoms with E-state index in [0.29, 0.717) is 23.7 Å². The zero-order valence-corrected chi connectivity index (χ0v) is 12.0. The molecule has 1 unspecified atom stereocenters. The van der Waals surface area contributed by atoms with Gasteiger partial charge in [0.2, 0.25) is 0 Å². The van der Waals surface area contributed by atoms with E-state index in [2.05, 4.69) is 15.3 Å². The maximum absolute atomic E-state index is 10.6. The molecule has 0 saturated carbocycles. The summed E-state index contributed by atoms with van der Waals surface area (Å²) < 4.78 is 1.70. The van der Waals surface area contributed by atoms with Crippen molar-refractivity contribution < 1.29 is 5.11 Å². The number of aromatic nitrogens is 4. The molecule has 0 fully saturated rings. The Kier molecular flexibility index (Phi) is 4.17. The Morgan fingerprint density at radius 3 is 2.74 bits per heavy atom. The molecule has 0 spiro atoms. The standard InChI is InChI=1S/C13H17ClN4O/c1-4-11-9(6-8(3)16-17-11)13(19)12-10(14)7-15-18(12)5-2/h6-7,13,19H,4-5H2,1-3H3. The minimum absolute atomic E-state index is 0.464. The van der Waals surface area contributed by atoms with Gasteiger partial charge in [-0.05, 0) is 26.3 Å². The lowest BCUT2D eigenvalue weighted by atomic mass is 10.0. The van der Waals surface area contributed by atoms with Crippen LogP contribution in [0.25, 0.3) is 0 Å². The van der Waals surface area contributed by atoms with E-state index in [1.54, 1.807) is 10.9 Å². The van der Waals surface area contributed by atoms with E-state index in [-0.39, 0.29) is 0 Å². The summed E-state index contributed by atoms with van der Waals surface area (Å²) in [4.78, 5) is 0. The molecule has 6 heteroatoms. The van der Waals surface area contributed by atoms with Gasteiger partial charge in [-0.15, -0.1) is 0 Å². The van der Waals surface area contributed by atoms with Crippen molar-refractivity contribution in [3.63, 3.8) is 0 Å². The van der Waals surface area contributed by atoms with E-state index in [1.165, 1.54) is 0 Å². The van der Waals surface area contributed by atoms with Crippen LogP contribution >= 0.6 is 11.6 Å². The maximum Gasteiger partial charge on any atom is 0.124 e. The molecule has 19 heavy (non-hydrogen) atoms. The number of halogens is 1. The molecule has 0 bridgehead atoms. The predicted molar refractivity (Wildman–Crippen MR) is 73.1 cm³/mol. The van der Waals surface area contributed by atoms with Gasteiger partial charge in [0.05, 0.1) is 28.3 Å². The van der Waals surface area contributed by atoms with Crippen molar-refractivity contribution in [2.45, 2.75) is 39.8 Å². The summed E-state index contributed by atoms with van der Waals surface area (Å²) in [6.45, 7) is 6.43. The molecular formula is C13H17ClN4O. The average Bonchev–Trinajstić information content (AvgIpc) is 2.79. The third kappa shape index (κ3) is 2.62. The number of aliphatic hydroxyl groups excluding tert-OH is 1.